The number of aliphatic hydroxyl groups is 1. The molecule has 2 heterocycles. The van der Waals surface area contributed by atoms with Crippen LogP contribution in [-0.4, -0.2) is 41.6 Å². The van der Waals surface area contributed by atoms with Crippen LogP contribution in [0, 0.1) is 11.2 Å². The van der Waals surface area contributed by atoms with Gasteiger partial charge in [-0.3, -0.25) is 5.41 Å². The number of methoxy groups -OCH3 is 2. The smallest absolute Gasteiger partial charge is 0.135 e. The Morgan fingerprint density at radius 3 is 2.77 bits per heavy atom. The minimum Gasteiger partial charge on any atom is -0.510 e. The van der Waals surface area contributed by atoms with Crippen LogP contribution in [0.15, 0.2) is 53.6 Å². The van der Waals surface area contributed by atoms with Crippen molar-refractivity contribution in [2.45, 2.75) is 6.54 Å². The Bertz CT molecular complexity index is 1140. The number of nitrogens with one attached hydrogen (secondary N) is 1. The predicted molar refractivity (Wildman–Crippen MR) is 115 cm³/mol. The van der Waals surface area contributed by atoms with Gasteiger partial charge in [-0.05, 0) is 35.9 Å². The molecule has 8 heteroatoms. The van der Waals surface area contributed by atoms with E-state index >= 15 is 0 Å². The zero-order chi connectivity index (χ0) is 21.3. The minimum absolute atomic E-state index is 0.0786. The van der Waals surface area contributed by atoms with Crippen molar-refractivity contribution in [2.75, 3.05) is 20.8 Å². The second-order valence-electron chi connectivity index (χ2n) is 6.76. The second kappa shape index (κ2) is 8.16. The summed E-state index contributed by atoms with van der Waals surface area (Å²) in [6, 6.07) is 11.7. The molecule has 0 bridgehead atoms. The fourth-order valence-corrected chi connectivity index (χ4v) is 4.26. The number of thiazole rings is 1. The summed E-state index contributed by atoms with van der Waals surface area (Å²) in [7, 11) is 3.18. The maximum atomic E-state index is 13.5. The fraction of sp³-hybridized carbons (Fsp3) is 0.182. The van der Waals surface area contributed by atoms with Crippen LogP contribution < -0.4 is 9.47 Å². The molecule has 0 aliphatic carbocycles. The van der Waals surface area contributed by atoms with Crippen LogP contribution in [0.4, 0.5) is 4.39 Å². The third kappa shape index (κ3) is 3.73. The van der Waals surface area contributed by atoms with E-state index in [2.05, 4.69) is 4.98 Å². The summed E-state index contributed by atoms with van der Waals surface area (Å²) in [4.78, 5) is 6.33. The Balaban J connectivity index is 1.60. The standard InChI is InChI=1S/C22H20FN3O3S/c1-28-15-6-7-19(29-2)16(9-15)17-12-30-22(25-17)20-18(27)11-26(21(20)24)10-13-4-3-5-14(23)8-13/h3-9,12,24,27H,10-11H2,1-2H3. The van der Waals surface area contributed by atoms with Gasteiger partial charge in [0.05, 0.1) is 32.0 Å². The molecule has 0 saturated heterocycles. The van der Waals surface area contributed by atoms with Crippen molar-refractivity contribution >= 4 is 22.7 Å². The lowest BCUT2D eigenvalue weighted by atomic mass is 10.1. The quantitative estimate of drug-likeness (QED) is 0.597. The first-order valence-corrected chi connectivity index (χ1v) is 10.1. The zero-order valence-electron chi connectivity index (χ0n) is 16.5. The summed E-state index contributed by atoms with van der Waals surface area (Å²) >= 11 is 1.34. The van der Waals surface area contributed by atoms with Crippen molar-refractivity contribution in [1.82, 2.24) is 9.88 Å². The highest BCUT2D eigenvalue weighted by atomic mass is 32.1. The summed E-state index contributed by atoms with van der Waals surface area (Å²) in [5.74, 6) is 1.25. The van der Waals surface area contributed by atoms with Crippen molar-refractivity contribution in [2.24, 2.45) is 0 Å². The van der Waals surface area contributed by atoms with Crippen molar-refractivity contribution in [3.63, 3.8) is 0 Å². The molecule has 0 unspecified atom stereocenters. The van der Waals surface area contributed by atoms with Gasteiger partial charge in [-0.2, -0.15) is 0 Å². The van der Waals surface area contributed by atoms with Crippen LogP contribution in [0.2, 0.25) is 0 Å². The first-order valence-electron chi connectivity index (χ1n) is 9.19. The van der Waals surface area contributed by atoms with Gasteiger partial charge < -0.3 is 19.5 Å². The van der Waals surface area contributed by atoms with Crippen LogP contribution in [0.3, 0.4) is 0 Å². The van der Waals surface area contributed by atoms with Crippen LogP contribution in [0.25, 0.3) is 16.8 Å². The summed E-state index contributed by atoms with van der Waals surface area (Å²) < 4.78 is 24.2. The molecule has 0 saturated carbocycles. The van der Waals surface area contributed by atoms with Crippen molar-refractivity contribution in [3.05, 3.63) is 70.0 Å². The number of aromatic nitrogens is 1. The first-order chi connectivity index (χ1) is 14.5. The molecular formula is C22H20FN3O3S. The van der Waals surface area contributed by atoms with Gasteiger partial charge in [-0.1, -0.05) is 12.1 Å². The molecule has 0 spiro atoms. The number of hydrogen-bond acceptors (Lipinski definition) is 6. The van der Waals surface area contributed by atoms with Gasteiger partial charge in [-0.25, -0.2) is 9.37 Å². The maximum Gasteiger partial charge on any atom is 0.135 e. The molecule has 0 fully saturated rings. The number of hydrogen-bond donors (Lipinski definition) is 2. The summed E-state index contributed by atoms with van der Waals surface area (Å²) in [5.41, 5.74) is 2.56. The average molecular weight is 425 g/mol. The molecule has 6 nitrogen and oxygen atoms in total. The molecule has 2 aromatic carbocycles. The molecule has 1 aromatic heterocycles. The van der Waals surface area contributed by atoms with E-state index in [1.54, 1.807) is 37.3 Å². The van der Waals surface area contributed by atoms with Gasteiger partial charge in [0.25, 0.3) is 0 Å². The summed E-state index contributed by atoms with van der Waals surface area (Å²) in [6.45, 7) is 0.508. The van der Waals surface area contributed by atoms with Gasteiger partial charge in [0, 0.05) is 17.5 Å². The normalized spacial score (nSPS) is 13.8. The molecule has 1 aliphatic heterocycles. The van der Waals surface area contributed by atoms with E-state index in [0.717, 1.165) is 11.1 Å². The van der Waals surface area contributed by atoms with Gasteiger partial charge in [0.1, 0.15) is 33.9 Å². The number of rotatable bonds is 6. The molecular weight excluding hydrogens is 405 g/mol. The topological polar surface area (TPSA) is 78.7 Å². The van der Waals surface area contributed by atoms with E-state index in [0.29, 0.717) is 34.3 Å². The number of nitrogens with zero attached hydrogens (tertiary/aromatic N) is 2. The fourth-order valence-electron chi connectivity index (χ4n) is 3.38. The Morgan fingerprint density at radius 1 is 1.20 bits per heavy atom. The summed E-state index contributed by atoms with van der Waals surface area (Å²) in [5, 5.41) is 21.4. The maximum absolute atomic E-state index is 13.5. The van der Waals surface area contributed by atoms with Crippen molar-refractivity contribution in [3.8, 4) is 22.8 Å². The highest BCUT2D eigenvalue weighted by Crippen LogP contribution is 2.37. The largest absolute Gasteiger partial charge is 0.510 e. The second-order valence-corrected chi connectivity index (χ2v) is 7.62. The monoisotopic (exact) mass is 425 g/mol. The van der Waals surface area contributed by atoms with Crippen LogP contribution in [0.1, 0.15) is 10.6 Å². The lowest BCUT2D eigenvalue weighted by molar-refractivity contribution is 0.346. The van der Waals surface area contributed by atoms with Crippen LogP contribution in [-0.2, 0) is 6.54 Å². The zero-order valence-corrected chi connectivity index (χ0v) is 17.3. The lowest BCUT2D eigenvalue weighted by Crippen LogP contribution is -2.26. The molecule has 0 radical (unpaired) electrons. The van der Waals surface area contributed by atoms with Crippen LogP contribution in [0.5, 0.6) is 11.5 Å². The van der Waals surface area contributed by atoms with Gasteiger partial charge in [-0.15, -0.1) is 11.3 Å². The molecule has 0 amide bonds. The highest BCUT2D eigenvalue weighted by molar-refractivity contribution is 7.11. The third-order valence-electron chi connectivity index (χ3n) is 4.85. The first kappa shape index (κ1) is 19.9. The van der Waals surface area contributed by atoms with E-state index in [1.165, 1.54) is 23.5 Å². The minimum atomic E-state index is -0.326. The van der Waals surface area contributed by atoms with E-state index in [9.17, 15) is 9.50 Å². The molecule has 2 N–H and O–H groups in total. The number of aliphatic hydroxyl groups excluding tert-OH is 1. The number of ether oxygens (including phenoxy) is 2. The van der Waals surface area contributed by atoms with E-state index in [1.807, 2.05) is 17.5 Å². The number of amidine groups is 1. The molecule has 154 valence electrons. The van der Waals surface area contributed by atoms with E-state index in [-0.39, 0.29) is 24.0 Å². The number of halogens is 1. The summed E-state index contributed by atoms with van der Waals surface area (Å²) in [6.07, 6.45) is 0. The Morgan fingerprint density at radius 2 is 2.03 bits per heavy atom. The van der Waals surface area contributed by atoms with E-state index in [4.69, 9.17) is 14.9 Å². The molecule has 3 aromatic rings. The molecule has 1 aliphatic rings. The Labute approximate surface area is 177 Å². The van der Waals surface area contributed by atoms with Gasteiger partial charge in [0.2, 0.25) is 0 Å². The number of benzene rings is 2. The van der Waals surface area contributed by atoms with Crippen molar-refractivity contribution < 1.29 is 19.0 Å². The average Bonchev–Trinajstić information content (AvgIpc) is 3.32. The lowest BCUT2D eigenvalue weighted by Gasteiger charge is -2.18. The highest BCUT2D eigenvalue weighted by Gasteiger charge is 2.30. The Kier molecular flexibility index (Phi) is 5.41. The third-order valence-corrected chi connectivity index (χ3v) is 5.71. The molecule has 4 rings (SSSR count). The SMILES string of the molecule is COc1ccc(OC)c(-c2csc(C3=C(O)CN(Cc4cccc(F)c4)C3=N)n2)c1. The van der Waals surface area contributed by atoms with Crippen LogP contribution >= 0.6 is 11.3 Å². The van der Waals surface area contributed by atoms with Crippen molar-refractivity contribution in [1.29, 1.82) is 5.41 Å². The van der Waals surface area contributed by atoms with Gasteiger partial charge >= 0.3 is 0 Å². The predicted octanol–water partition coefficient (Wildman–Crippen LogP) is 4.73. The van der Waals surface area contributed by atoms with E-state index < -0.39 is 0 Å². The molecule has 30 heavy (non-hydrogen) atoms. The Hall–Kier alpha value is -3.39. The van der Waals surface area contributed by atoms with Gasteiger partial charge in [0.15, 0.2) is 0 Å². The molecule has 0 atom stereocenters.